The molecule has 0 spiro atoms. The maximum atomic E-state index is 11.4. The quantitative estimate of drug-likeness (QED) is 0.784. The second-order valence-electron chi connectivity index (χ2n) is 4.85. The first kappa shape index (κ1) is 16.1. The Morgan fingerprint density at radius 2 is 1.95 bits per heavy atom. The molecule has 0 saturated carbocycles. The van der Waals surface area contributed by atoms with E-state index in [0.717, 1.165) is 18.7 Å². The van der Waals surface area contributed by atoms with E-state index in [9.17, 15) is 8.42 Å². The Morgan fingerprint density at radius 3 is 2.58 bits per heavy atom. The maximum absolute atomic E-state index is 11.4. The van der Waals surface area contributed by atoms with Crippen LogP contribution >= 0.6 is 0 Å². The van der Waals surface area contributed by atoms with E-state index in [4.69, 9.17) is 5.73 Å². The van der Waals surface area contributed by atoms with Gasteiger partial charge in [0.15, 0.2) is 0 Å². The molecule has 4 nitrogen and oxygen atoms in total. The number of hydrogen-bond donors (Lipinski definition) is 1. The number of benzene rings is 1. The molecule has 0 heterocycles. The minimum absolute atomic E-state index is 0.231. The Kier molecular flexibility index (Phi) is 6.48. The van der Waals surface area contributed by atoms with Gasteiger partial charge in [-0.25, -0.2) is 8.42 Å². The Hall–Kier alpha value is -0.910. The monoisotopic (exact) mass is 284 g/mol. The van der Waals surface area contributed by atoms with E-state index < -0.39 is 9.84 Å². The molecule has 5 heteroatoms. The molecule has 0 amide bonds. The zero-order valence-corrected chi connectivity index (χ0v) is 12.6. The van der Waals surface area contributed by atoms with E-state index in [1.807, 2.05) is 19.2 Å². The average molecular weight is 284 g/mol. The summed E-state index contributed by atoms with van der Waals surface area (Å²) in [5.74, 6) is 0.506. The van der Waals surface area contributed by atoms with Gasteiger partial charge in [-0.2, -0.15) is 0 Å². The van der Waals surface area contributed by atoms with Crippen molar-refractivity contribution in [3.05, 3.63) is 35.4 Å². The van der Waals surface area contributed by atoms with Crippen molar-refractivity contribution in [2.45, 2.75) is 26.4 Å². The van der Waals surface area contributed by atoms with Crippen LogP contribution in [0.5, 0.6) is 0 Å². The number of nitrogens with two attached hydrogens (primary N) is 1. The predicted octanol–water partition coefficient (Wildman–Crippen LogP) is 1.40. The summed E-state index contributed by atoms with van der Waals surface area (Å²) in [5, 5.41) is 0. The molecule has 1 aromatic carbocycles. The fourth-order valence-corrected chi connectivity index (χ4v) is 2.80. The SMILES string of the molecule is CCS(=O)(=O)CCCN(C)Cc1cccc(CN)c1. The largest absolute Gasteiger partial charge is 0.326 e. The Balaban J connectivity index is 2.40. The van der Waals surface area contributed by atoms with Gasteiger partial charge in [0.25, 0.3) is 0 Å². The second-order valence-corrected chi connectivity index (χ2v) is 7.32. The fraction of sp³-hybridized carbons (Fsp3) is 0.571. The van der Waals surface area contributed by atoms with Gasteiger partial charge in [0.05, 0.1) is 5.75 Å². The average Bonchev–Trinajstić information content (AvgIpc) is 2.38. The van der Waals surface area contributed by atoms with Crippen LogP contribution in [0.4, 0.5) is 0 Å². The molecule has 0 fully saturated rings. The summed E-state index contributed by atoms with van der Waals surface area (Å²) in [6.45, 7) is 3.84. The molecule has 0 bridgehead atoms. The number of nitrogens with zero attached hydrogens (tertiary/aromatic N) is 1. The molecule has 1 aromatic rings. The second kappa shape index (κ2) is 7.62. The van der Waals surface area contributed by atoms with Crippen molar-refractivity contribution in [3.8, 4) is 0 Å². The van der Waals surface area contributed by atoms with Gasteiger partial charge in [-0.05, 0) is 31.1 Å². The molecule has 2 N–H and O–H groups in total. The third-order valence-electron chi connectivity index (χ3n) is 3.11. The smallest absolute Gasteiger partial charge is 0.150 e. The Morgan fingerprint density at radius 1 is 1.26 bits per heavy atom. The van der Waals surface area contributed by atoms with Gasteiger partial charge >= 0.3 is 0 Å². The summed E-state index contributed by atoms with van der Waals surface area (Å²) in [6.07, 6.45) is 0.684. The van der Waals surface area contributed by atoms with Crippen molar-refractivity contribution in [2.24, 2.45) is 5.73 Å². The van der Waals surface area contributed by atoms with Gasteiger partial charge in [0, 0.05) is 18.8 Å². The molecule has 0 saturated heterocycles. The minimum atomic E-state index is -2.84. The lowest BCUT2D eigenvalue weighted by Gasteiger charge is -2.17. The van der Waals surface area contributed by atoms with Crippen LogP contribution in [-0.2, 0) is 22.9 Å². The highest BCUT2D eigenvalue weighted by Gasteiger charge is 2.08. The zero-order valence-electron chi connectivity index (χ0n) is 11.8. The summed E-state index contributed by atoms with van der Waals surface area (Å²) in [4.78, 5) is 2.14. The summed E-state index contributed by atoms with van der Waals surface area (Å²) < 4.78 is 22.8. The third kappa shape index (κ3) is 6.18. The van der Waals surface area contributed by atoms with Gasteiger partial charge in [-0.15, -0.1) is 0 Å². The minimum Gasteiger partial charge on any atom is -0.326 e. The third-order valence-corrected chi connectivity index (χ3v) is 4.90. The van der Waals surface area contributed by atoms with Crippen molar-refractivity contribution in [2.75, 3.05) is 25.1 Å². The summed E-state index contributed by atoms with van der Waals surface area (Å²) in [6, 6.07) is 8.18. The summed E-state index contributed by atoms with van der Waals surface area (Å²) in [7, 11) is -0.834. The highest BCUT2D eigenvalue weighted by molar-refractivity contribution is 7.91. The van der Waals surface area contributed by atoms with Crippen LogP contribution in [-0.4, -0.2) is 38.4 Å². The van der Waals surface area contributed by atoms with Crippen LogP contribution in [0.3, 0.4) is 0 Å². The van der Waals surface area contributed by atoms with Crippen molar-refractivity contribution in [3.63, 3.8) is 0 Å². The van der Waals surface area contributed by atoms with Crippen molar-refractivity contribution < 1.29 is 8.42 Å². The lowest BCUT2D eigenvalue weighted by Crippen LogP contribution is -2.22. The van der Waals surface area contributed by atoms with Crippen LogP contribution in [0.2, 0.25) is 0 Å². The maximum Gasteiger partial charge on any atom is 0.150 e. The fourth-order valence-electron chi connectivity index (χ4n) is 1.94. The number of hydrogen-bond acceptors (Lipinski definition) is 4. The van der Waals surface area contributed by atoms with E-state index in [0.29, 0.717) is 13.0 Å². The van der Waals surface area contributed by atoms with E-state index in [2.05, 4.69) is 17.0 Å². The first-order valence-corrected chi connectivity index (χ1v) is 8.46. The molecule has 1 rings (SSSR count). The molecule has 0 aromatic heterocycles. The molecule has 0 unspecified atom stereocenters. The first-order valence-electron chi connectivity index (χ1n) is 6.63. The lowest BCUT2D eigenvalue weighted by molar-refractivity contribution is 0.327. The van der Waals surface area contributed by atoms with Crippen molar-refractivity contribution in [1.29, 1.82) is 0 Å². The van der Waals surface area contributed by atoms with Crippen molar-refractivity contribution in [1.82, 2.24) is 4.90 Å². The predicted molar refractivity (Wildman–Crippen MR) is 79.6 cm³/mol. The van der Waals surface area contributed by atoms with Crippen LogP contribution in [0.1, 0.15) is 24.5 Å². The van der Waals surface area contributed by atoms with E-state index >= 15 is 0 Å². The Labute approximate surface area is 116 Å². The van der Waals surface area contributed by atoms with Gasteiger partial charge in [-0.3, -0.25) is 0 Å². The first-order chi connectivity index (χ1) is 8.96. The molecule has 108 valence electrons. The van der Waals surface area contributed by atoms with Crippen LogP contribution in [0, 0.1) is 0 Å². The van der Waals surface area contributed by atoms with Crippen LogP contribution in [0.15, 0.2) is 24.3 Å². The highest BCUT2D eigenvalue weighted by atomic mass is 32.2. The van der Waals surface area contributed by atoms with E-state index in [1.54, 1.807) is 6.92 Å². The van der Waals surface area contributed by atoms with E-state index in [1.165, 1.54) is 5.56 Å². The number of rotatable bonds is 8. The molecule has 19 heavy (non-hydrogen) atoms. The molecule has 0 aliphatic rings. The highest BCUT2D eigenvalue weighted by Crippen LogP contribution is 2.07. The topological polar surface area (TPSA) is 63.4 Å². The lowest BCUT2D eigenvalue weighted by atomic mass is 10.1. The molecule has 0 radical (unpaired) electrons. The molecule has 0 atom stereocenters. The summed E-state index contributed by atoms with van der Waals surface area (Å²) in [5.41, 5.74) is 7.95. The zero-order chi connectivity index (χ0) is 14.3. The van der Waals surface area contributed by atoms with Crippen LogP contribution < -0.4 is 5.73 Å². The normalized spacial score (nSPS) is 12.0. The van der Waals surface area contributed by atoms with Gasteiger partial charge < -0.3 is 10.6 Å². The van der Waals surface area contributed by atoms with Crippen LogP contribution in [0.25, 0.3) is 0 Å². The molecule has 0 aliphatic heterocycles. The van der Waals surface area contributed by atoms with Gasteiger partial charge in [-0.1, -0.05) is 31.2 Å². The number of sulfone groups is 1. The molecular weight excluding hydrogens is 260 g/mol. The standard InChI is InChI=1S/C14H24N2O2S/c1-3-19(17,18)9-5-8-16(2)12-14-7-4-6-13(10-14)11-15/h4,6-7,10H,3,5,8-9,11-12,15H2,1-2H3. The van der Waals surface area contributed by atoms with Gasteiger partial charge in [0.1, 0.15) is 9.84 Å². The summed E-state index contributed by atoms with van der Waals surface area (Å²) >= 11 is 0. The van der Waals surface area contributed by atoms with Crippen molar-refractivity contribution >= 4 is 9.84 Å². The van der Waals surface area contributed by atoms with E-state index in [-0.39, 0.29) is 11.5 Å². The molecular formula is C14H24N2O2S. The Bertz CT molecular complexity index is 486. The molecule has 0 aliphatic carbocycles. The van der Waals surface area contributed by atoms with Gasteiger partial charge in [0.2, 0.25) is 0 Å².